The van der Waals surface area contributed by atoms with Crippen LogP contribution in [0.1, 0.15) is 49.7 Å². The molecule has 2 aliphatic heterocycles. The average Bonchev–Trinajstić information content (AvgIpc) is 2.92. The van der Waals surface area contributed by atoms with Gasteiger partial charge < -0.3 is 20.1 Å². The first-order valence-electron chi connectivity index (χ1n) is 13.7. The number of piperidine rings is 1. The molecule has 0 aromatic heterocycles. The maximum Gasteiger partial charge on any atom is 0.234 e. The van der Waals surface area contributed by atoms with E-state index >= 15 is 0 Å². The van der Waals surface area contributed by atoms with Crippen molar-refractivity contribution in [2.24, 2.45) is 5.41 Å². The molecule has 0 aliphatic carbocycles. The standard InChI is InChI=1S/C30H41N3O4/c1-36-26-12-6-8-24(22-26)9-7-17-31-28(34)23-33-19-15-30(16-20-33)14-5-4-11-25-10-2-3-13-27(25)37-21-18-32-29(30)35/h2-3,6,8,10,12-13,22H,4-5,7,9,11,14-21,23H2,1H3,(H,31,34)(H,32,35). The summed E-state index contributed by atoms with van der Waals surface area (Å²) < 4.78 is 11.2. The number of carbonyl (C=O) groups is 2. The van der Waals surface area contributed by atoms with E-state index in [0.717, 1.165) is 76.0 Å². The molecule has 7 heteroatoms. The topological polar surface area (TPSA) is 79.9 Å². The van der Waals surface area contributed by atoms with E-state index in [-0.39, 0.29) is 17.2 Å². The molecule has 0 bridgehead atoms. The molecule has 1 spiro atoms. The molecule has 1 saturated heterocycles. The second-order valence-electron chi connectivity index (χ2n) is 10.3. The number of rotatable bonds is 7. The first-order valence-corrected chi connectivity index (χ1v) is 13.7. The molecule has 0 radical (unpaired) electrons. The number of nitrogens with zero attached hydrogens (tertiary/aromatic N) is 1. The van der Waals surface area contributed by atoms with Crippen molar-refractivity contribution in [1.82, 2.24) is 15.5 Å². The molecule has 7 nitrogen and oxygen atoms in total. The lowest BCUT2D eigenvalue weighted by Gasteiger charge is -2.40. The minimum absolute atomic E-state index is 0.0561. The summed E-state index contributed by atoms with van der Waals surface area (Å²) in [6.45, 7) is 3.57. The van der Waals surface area contributed by atoms with Gasteiger partial charge in [-0.1, -0.05) is 36.8 Å². The van der Waals surface area contributed by atoms with Gasteiger partial charge in [-0.3, -0.25) is 14.5 Å². The lowest BCUT2D eigenvalue weighted by Crippen LogP contribution is -2.51. The maximum atomic E-state index is 13.2. The third kappa shape index (κ3) is 7.71. The Hall–Kier alpha value is -3.06. The van der Waals surface area contributed by atoms with Gasteiger partial charge in [0, 0.05) is 6.54 Å². The van der Waals surface area contributed by atoms with E-state index < -0.39 is 0 Å². The molecule has 37 heavy (non-hydrogen) atoms. The number of nitrogens with one attached hydrogen (secondary N) is 2. The van der Waals surface area contributed by atoms with Crippen LogP contribution in [0.15, 0.2) is 48.5 Å². The molecule has 200 valence electrons. The number of ether oxygens (including phenoxy) is 2. The maximum absolute atomic E-state index is 13.2. The summed E-state index contributed by atoms with van der Waals surface area (Å²) in [5.41, 5.74) is 2.11. The number of carbonyl (C=O) groups excluding carboxylic acids is 2. The van der Waals surface area contributed by atoms with Gasteiger partial charge in [0.25, 0.3) is 0 Å². The predicted octanol–water partition coefficient (Wildman–Crippen LogP) is 3.75. The van der Waals surface area contributed by atoms with Crippen LogP contribution < -0.4 is 20.1 Å². The van der Waals surface area contributed by atoms with Crippen LogP contribution >= 0.6 is 0 Å². The van der Waals surface area contributed by atoms with Gasteiger partial charge in [0.15, 0.2) is 0 Å². The van der Waals surface area contributed by atoms with E-state index in [4.69, 9.17) is 9.47 Å². The van der Waals surface area contributed by atoms with Gasteiger partial charge in [0.05, 0.1) is 25.6 Å². The molecule has 1 fully saturated rings. The number of para-hydroxylation sites is 1. The summed E-state index contributed by atoms with van der Waals surface area (Å²) >= 11 is 0. The van der Waals surface area contributed by atoms with Gasteiger partial charge in [0.2, 0.25) is 11.8 Å². The van der Waals surface area contributed by atoms with Gasteiger partial charge in [-0.2, -0.15) is 0 Å². The zero-order valence-corrected chi connectivity index (χ0v) is 22.1. The molecule has 0 unspecified atom stereocenters. The lowest BCUT2D eigenvalue weighted by molar-refractivity contribution is -0.135. The zero-order chi connectivity index (χ0) is 25.9. The number of amides is 2. The zero-order valence-electron chi connectivity index (χ0n) is 22.1. The largest absolute Gasteiger partial charge is 0.497 e. The number of benzene rings is 2. The molecular formula is C30H41N3O4. The molecular weight excluding hydrogens is 466 g/mol. The van der Waals surface area contributed by atoms with Crippen LogP contribution in [-0.2, 0) is 22.4 Å². The Morgan fingerprint density at radius 1 is 1.11 bits per heavy atom. The lowest BCUT2D eigenvalue weighted by atomic mass is 9.73. The number of methoxy groups -OCH3 is 1. The van der Waals surface area contributed by atoms with E-state index in [2.05, 4.69) is 33.7 Å². The first kappa shape index (κ1) is 27.0. The minimum atomic E-state index is -0.345. The van der Waals surface area contributed by atoms with Crippen molar-refractivity contribution in [3.05, 3.63) is 59.7 Å². The van der Waals surface area contributed by atoms with Gasteiger partial charge in [-0.15, -0.1) is 0 Å². The van der Waals surface area contributed by atoms with Crippen molar-refractivity contribution in [3.8, 4) is 11.5 Å². The van der Waals surface area contributed by atoms with Crippen molar-refractivity contribution in [3.63, 3.8) is 0 Å². The highest BCUT2D eigenvalue weighted by atomic mass is 16.5. The van der Waals surface area contributed by atoms with Gasteiger partial charge in [-0.25, -0.2) is 0 Å². The van der Waals surface area contributed by atoms with E-state index in [1.165, 1.54) is 11.1 Å². The van der Waals surface area contributed by atoms with Crippen LogP contribution in [0.3, 0.4) is 0 Å². The average molecular weight is 508 g/mol. The smallest absolute Gasteiger partial charge is 0.234 e. The fraction of sp³-hybridized carbons (Fsp3) is 0.533. The number of fused-ring (bicyclic) bond motifs is 1. The van der Waals surface area contributed by atoms with Crippen LogP contribution in [0.2, 0.25) is 0 Å². The quantitative estimate of drug-likeness (QED) is 0.558. The van der Waals surface area contributed by atoms with Crippen molar-refractivity contribution >= 4 is 11.8 Å². The molecule has 0 saturated carbocycles. The van der Waals surface area contributed by atoms with Crippen LogP contribution in [-0.4, -0.2) is 63.2 Å². The molecule has 2 heterocycles. The SMILES string of the molecule is COc1cccc(CCCNC(=O)CN2CCC3(CCCCc4ccccc4OCCNC3=O)CC2)c1. The monoisotopic (exact) mass is 507 g/mol. The Bertz CT molecular complexity index is 1030. The highest BCUT2D eigenvalue weighted by Crippen LogP contribution is 2.37. The van der Waals surface area contributed by atoms with Crippen molar-refractivity contribution in [2.45, 2.75) is 51.4 Å². The van der Waals surface area contributed by atoms with Crippen molar-refractivity contribution in [1.29, 1.82) is 0 Å². The molecule has 4 rings (SSSR count). The summed E-state index contributed by atoms with van der Waals surface area (Å²) in [7, 11) is 1.67. The Labute approximate surface area is 220 Å². The fourth-order valence-electron chi connectivity index (χ4n) is 5.48. The van der Waals surface area contributed by atoms with Gasteiger partial charge in [-0.05, 0) is 87.4 Å². The van der Waals surface area contributed by atoms with E-state index in [1.807, 2.05) is 30.3 Å². The number of hydrogen-bond donors (Lipinski definition) is 2. The molecule has 2 N–H and O–H groups in total. The summed E-state index contributed by atoms with van der Waals surface area (Å²) in [5.74, 6) is 1.99. The van der Waals surface area contributed by atoms with Gasteiger partial charge >= 0.3 is 0 Å². The van der Waals surface area contributed by atoms with E-state index in [9.17, 15) is 9.59 Å². The van der Waals surface area contributed by atoms with Crippen molar-refractivity contribution in [2.75, 3.05) is 46.4 Å². The second kappa shape index (κ2) is 13.5. The van der Waals surface area contributed by atoms with Crippen molar-refractivity contribution < 1.29 is 19.1 Å². The predicted molar refractivity (Wildman–Crippen MR) is 145 cm³/mol. The summed E-state index contributed by atoms with van der Waals surface area (Å²) in [4.78, 5) is 28.0. The second-order valence-corrected chi connectivity index (χ2v) is 10.3. The molecule has 2 aromatic rings. The molecule has 2 aromatic carbocycles. The van der Waals surface area contributed by atoms with Gasteiger partial charge in [0.1, 0.15) is 18.1 Å². The summed E-state index contributed by atoms with van der Waals surface area (Å²) in [5, 5.41) is 6.19. The van der Waals surface area contributed by atoms with Crippen LogP contribution in [0.5, 0.6) is 11.5 Å². The highest BCUT2D eigenvalue weighted by Gasteiger charge is 2.40. The summed E-state index contributed by atoms with van der Waals surface area (Å²) in [6.07, 6.45) is 7.28. The Morgan fingerprint density at radius 3 is 2.78 bits per heavy atom. The minimum Gasteiger partial charge on any atom is -0.497 e. The summed E-state index contributed by atoms with van der Waals surface area (Å²) in [6, 6.07) is 16.3. The third-order valence-electron chi connectivity index (χ3n) is 7.73. The Kier molecular flexibility index (Phi) is 9.83. The highest BCUT2D eigenvalue weighted by molar-refractivity contribution is 5.83. The van der Waals surface area contributed by atoms with E-state index in [1.54, 1.807) is 7.11 Å². The van der Waals surface area contributed by atoms with Crippen LogP contribution in [0.4, 0.5) is 0 Å². The number of aryl methyl sites for hydroxylation is 2. The molecule has 2 aliphatic rings. The Morgan fingerprint density at radius 2 is 1.95 bits per heavy atom. The Balaban J connectivity index is 1.21. The third-order valence-corrected chi connectivity index (χ3v) is 7.73. The number of hydrogen-bond acceptors (Lipinski definition) is 5. The van der Waals surface area contributed by atoms with E-state index in [0.29, 0.717) is 26.2 Å². The molecule has 2 amide bonds. The number of likely N-dealkylation sites (tertiary alicyclic amines) is 1. The van der Waals surface area contributed by atoms with Crippen LogP contribution in [0.25, 0.3) is 0 Å². The fourth-order valence-corrected chi connectivity index (χ4v) is 5.48. The first-order chi connectivity index (χ1) is 18.1. The normalized spacial score (nSPS) is 18.5. The van der Waals surface area contributed by atoms with Crippen LogP contribution in [0, 0.1) is 5.41 Å². The molecule has 0 atom stereocenters.